The van der Waals surface area contributed by atoms with E-state index >= 15 is 0 Å². The van der Waals surface area contributed by atoms with E-state index in [0.717, 1.165) is 37.3 Å². The molecular weight excluding hydrogens is 506 g/mol. The molecule has 0 bridgehead atoms. The van der Waals surface area contributed by atoms with E-state index in [9.17, 15) is 4.79 Å². The fourth-order valence-corrected chi connectivity index (χ4v) is 6.43. The highest BCUT2D eigenvalue weighted by Crippen LogP contribution is 2.28. The smallest absolute Gasteiger partial charge is 0.343 e. The first-order chi connectivity index (χ1) is 19.6. The zero-order valence-corrected chi connectivity index (χ0v) is 24.3. The van der Waals surface area contributed by atoms with E-state index in [4.69, 9.17) is 4.74 Å². The molecule has 3 N–H and O–H groups in total. The molecule has 3 aliphatic rings. The van der Waals surface area contributed by atoms with Crippen LogP contribution in [0.3, 0.4) is 0 Å². The fraction of sp³-hybridized carbons (Fsp3) is 0.724. The van der Waals surface area contributed by atoms with Gasteiger partial charge in [-0.3, -0.25) is 9.58 Å². The lowest BCUT2D eigenvalue weighted by atomic mass is 9.89. The predicted octanol–water partition coefficient (Wildman–Crippen LogP) is 3.25. The van der Waals surface area contributed by atoms with Crippen LogP contribution in [0, 0.1) is 5.92 Å². The molecule has 0 radical (unpaired) electrons. The largest absolute Gasteiger partial charge is 0.462 e. The van der Waals surface area contributed by atoms with Crippen molar-refractivity contribution in [1.29, 1.82) is 0 Å². The number of aromatic nitrogens is 4. The zero-order valence-electron chi connectivity index (χ0n) is 24.3. The second-order valence-corrected chi connectivity index (χ2v) is 11.6. The summed E-state index contributed by atoms with van der Waals surface area (Å²) in [6.45, 7) is 10.5. The van der Waals surface area contributed by atoms with Crippen molar-refractivity contribution in [2.45, 2.75) is 70.4 Å². The number of aryl methyl sites for hydroxylation is 1. The molecule has 1 aliphatic carbocycles. The third kappa shape index (κ3) is 7.92. The van der Waals surface area contributed by atoms with Crippen LogP contribution in [0.1, 0.15) is 68.6 Å². The summed E-state index contributed by atoms with van der Waals surface area (Å²) in [6.07, 6.45) is 15.0. The van der Waals surface area contributed by atoms with Gasteiger partial charge in [0.05, 0.1) is 18.5 Å². The summed E-state index contributed by atoms with van der Waals surface area (Å²) >= 11 is 0. The number of anilines is 3. The van der Waals surface area contributed by atoms with Gasteiger partial charge in [-0.1, -0.05) is 0 Å². The number of rotatable bonds is 11. The first-order valence-electron chi connectivity index (χ1n) is 15.3. The second kappa shape index (κ2) is 14.2. The molecule has 5 rings (SSSR count). The molecule has 2 saturated heterocycles. The maximum absolute atomic E-state index is 12.6. The molecule has 40 heavy (non-hydrogen) atoms. The van der Waals surface area contributed by atoms with Crippen LogP contribution in [-0.4, -0.2) is 100 Å². The van der Waals surface area contributed by atoms with Crippen LogP contribution in [-0.2, 0) is 11.8 Å². The van der Waals surface area contributed by atoms with Gasteiger partial charge in [-0.25, -0.2) is 9.78 Å². The third-order valence-corrected chi connectivity index (χ3v) is 8.75. The minimum atomic E-state index is -0.403. The van der Waals surface area contributed by atoms with Crippen molar-refractivity contribution in [3.05, 3.63) is 24.2 Å². The lowest BCUT2D eigenvalue weighted by Crippen LogP contribution is -2.51. The standard InChI is InChI=1S/C29H47N9O2/c1-3-40-28(39)26-20-31-29(34-24-19-32-36(2)21-24)35-27(26)33-23-6-8-25(9-7-23)38-17-15-37(16-18-38)14-4-5-22-10-12-30-13-11-22/h19-23,25,30H,3-18H2,1-2H3,(H2,31,33,34,35). The van der Waals surface area contributed by atoms with Gasteiger partial charge in [-0.2, -0.15) is 10.1 Å². The van der Waals surface area contributed by atoms with Crippen LogP contribution in [0.5, 0.6) is 0 Å². The van der Waals surface area contributed by atoms with Crippen LogP contribution in [0.2, 0.25) is 0 Å². The number of hydrogen-bond acceptors (Lipinski definition) is 10. The van der Waals surface area contributed by atoms with E-state index in [-0.39, 0.29) is 6.04 Å². The number of nitrogens with one attached hydrogen (secondary N) is 3. The lowest BCUT2D eigenvalue weighted by molar-refractivity contribution is 0.0526. The maximum atomic E-state index is 12.6. The van der Waals surface area contributed by atoms with Gasteiger partial charge in [0.2, 0.25) is 5.95 Å². The Balaban J connectivity index is 1.09. The molecule has 4 heterocycles. The Hall–Kier alpha value is -2.76. The molecule has 0 aromatic carbocycles. The number of esters is 1. The van der Waals surface area contributed by atoms with Crippen LogP contribution >= 0.6 is 0 Å². The van der Waals surface area contributed by atoms with Gasteiger partial charge in [-0.15, -0.1) is 0 Å². The van der Waals surface area contributed by atoms with Crippen molar-refractivity contribution < 1.29 is 9.53 Å². The molecule has 11 heteroatoms. The monoisotopic (exact) mass is 553 g/mol. The Morgan fingerprint density at radius 3 is 2.55 bits per heavy atom. The third-order valence-electron chi connectivity index (χ3n) is 8.75. The van der Waals surface area contributed by atoms with Crippen LogP contribution in [0.15, 0.2) is 18.6 Å². The number of hydrogen-bond donors (Lipinski definition) is 3. The summed E-state index contributed by atoms with van der Waals surface area (Å²) in [5.41, 5.74) is 1.16. The lowest BCUT2D eigenvalue weighted by Gasteiger charge is -2.42. The van der Waals surface area contributed by atoms with Gasteiger partial charge < -0.3 is 25.6 Å². The average molecular weight is 554 g/mol. The Morgan fingerprint density at radius 1 is 1.07 bits per heavy atom. The topological polar surface area (TPSA) is 112 Å². The molecule has 2 aromatic rings. The van der Waals surface area contributed by atoms with E-state index < -0.39 is 5.97 Å². The summed E-state index contributed by atoms with van der Waals surface area (Å²) < 4.78 is 6.99. The molecule has 1 saturated carbocycles. The second-order valence-electron chi connectivity index (χ2n) is 11.6. The minimum absolute atomic E-state index is 0.266. The van der Waals surface area contributed by atoms with Gasteiger partial charge in [0.15, 0.2) is 0 Å². The molecule has 3 fully saturated rings. The van der Waals surface area contributed by atoms with Crippen LogP contribution in [0.4, 0.5) is 17.5 Å². The molecule has 2 aliphatic heterocycles. The molecular formula is C29H47N9O2. The summed E-state index contributed by atoms with van der Waals surface area (Å²) in [6, 6.07) is 0.912. The first kappa shape index (κ1) is 28.8. The molecule has 11 nitrogen and oxygen atoms in total. The highest BCUT2D eigenvalue weighted by Gasteiger charge is 2.29. The normalized spacial score (nSPS) is 23.1. The summed E-state index contributed by atoms with van der Waals surface area (Å²) in [4.78, 5) is 27.0. The van der Waals surface area contributed by atoms with Crippen molar-refractivity contribution in [3.8, 4) is 0 Å². The van der Waals surface area contributed by atoms with E-state index in [2.05, 4.69) is 40.8 Å². The van der Waals surface area contributed by atoms with Gasteiger partial charge in [0.1, 0.15) is 11.4 Å². The van der Waals surface area contributed by atoms with E-state index in [1.54, 1.807) is 24.0 Å². The summed E-state index contributed by atoms with van der Waals surface area (Å²) in [7, 11) is 1.86. The molecule has 220 valence electrons. The SMILES string of the molecule is CCOC(=O)c1cnc(Nc2cnn(C)c2)nc1NC1CCC(N2CCN(CCCC3CCNCC3)CC2)CC1. The average Bonchev–Trinajstić information content (AvgIpc) is 3.39. The van der Waals surface area contributed by atoms with Crippen LogP contribution < -0.4 is 16.0 Å². The summed E-state index contributed by atoms with van der Waals surface area (Å²) in [5.74, 6) is 1.48. The number of piperidine rings is 1. The van der Waals surface area contributed by atoms with Crippen LogP contribution in [0.25, 0.3) is 0 Å². The summed E-state index contributed by atoms with van der Waals surface area (Å²) in [5, 5.41) is 14.4. The number of carbonyl (C=O) groups is 1. The van der Waals surface area contributed by atoms with Crippen molar-refractivity contribution in [3.63, 3.8) is 0 Å². The Bertz CT molecular complexity index is 1070. The van der Waals surface area contributed by atoms with Gasteiger partial charge in [0, 0.05) is 57.7 Å². The van der Waals surface area contributed by atoms with Crippen molar-refractivity contribution >= 4 is 23.4 Å². The highest BCUT2D eigenvalue weighted by molar-refractivity contribution is 5.94. The van der Waals surface area contributed by atoms with E-state index in [1.165, 1.54) is 71.5 Å². The predicted molar refractivity (Wildman–Crippen MR) is 157 cm³/mol. The zero-order chi connectivity index (χ0) is 27.7. The number of piperazine rings is 1. The quantitative estimate of drug-likeness (QED) is 0.359. The van der Waals surface area contributed by atoms with Crippen molar-refractivity contribution in [2.75, 3.05) is 63.1 Å². The molecule has 0 unspecified atom stereocenters. The van der Waals surface area contributed by atoms with E-state index in [0.29, 0.717) is 30.0 Å². The molecule has 0 spiro atoms. The number of ether oxygens (including phenoxy) is 1. The van der Waals surface area contributed by atoms with Gasteiger partial charge in [0.25, 0.3) is 0 Å². The Kier molecular flexibility index (Phi) is 10.2. The number of nitrogens with zero attached hydrogens (tertiary/aromatic N) is 6. The van der Waals surface area contributed by atoms with Gasteiger partial charge >= 0.3 is 5.97 Å². The van der Waals surface area contributed by atoms with Crippen molar-refractivity contribution in [2.24, 2.45) is 13.0 Å². The Morgan fingerprint density at radius 2 is 1.85 bits per heavy atom. The maximum Gasteiger partial charge on any atom is 0.343 e. The van der Waals surface area contributed by atoms with Crippen molar-refractivity contribution in [1.82, 2.24) is 34.9 Å². The number of carbonyl (C=O) groups excluding carboxylic acids is 1. The highest BCUT2D eigenvalue weighted by atomic mass is 16.5. The fourth-order valence-electron chi connectivity index (χ4n) is 6.43. The molecule has 0 atom stereocenters. The molecule has 2 aromatic heterocycles. The minimum Gasteiger partial charge on any atom is -0.462 e. The molecule has 0 amide bonds. The Labute approximate surface area is 238 Å². The first-order valence-corrected chi connectivity index (χ1v) is 15.3. The van der Waals surface area contributed by atoms with Gasteiger partial charge in [-0.05, 0) is 83.8 Å². The van der Waals surface area contributed by atoms with E-state index in [1.807, 2.05) is 13.2 Å².